The van der Waals surface area contributed by atoms with Crippen molar-refractivity contribution in [1.82, 2.24) is 0 Å². The van der Waals surface area contributed by atoms with Crippen LogP contribution in [0.3, 0.4) is 0 Å². The van der Waals surface area contributed by atoms with Crippen molar-refractivity contribution < 1.29 is 62.1 Å². The summed E-state index contributed by atoms with van der Waals surface area (Å²) in [5, 5.41) is 0. The summed E-state index contributed by atoms with van der Waals surface area (Å²) in [6, 6.07) is 0. The molecule has 0 aromatic carbocycles. The predicted octanol–water partition coefficient (Wildman–Crippen LogP) is 0.956. The first-order chi connectivity index (χ1) is 8.83. The zero-order valence-corrected chi connectivity index (χ0v) is 17.3. The van der Waals surface area contributed by atoms with Crippen molar-refractivity contribution >= 4 is 44.6 Å². The fourth-order valence-electron chi connectivity index (χ4n) is 0. The van der Waals surface area contributed by atoms with E-state index in [1.807, 2.05) is 0 Å². The third-order valence-corrected chi connectivity index (χ3v) is 0. The van der Waals surface area contributed by atoms with E-state index < -0.39 is 0 Å². The van der Waals surface area contributed by atoms with Crippen LogP contribution in [0.5, 0.6) is 0 Å². The maximum absolute atomic E-state index is 7.50. The van der Waals surface area contributed by atoms with E-state index in [0.717, 1.165) is 0 Å². The Balaban J connectivity index is -0.00000000711. The van der Waals surface area contributed by atoms with Gasteiger partial charge in [-0.25, -0.2) is 0 Å². The average Bonchev–Trinajstić information content (AvgIpc) is 2.52. The monoisotopic (exact) mass is 598 g/mol. The van der Waals surface area contributed by atoms with Crippen LogP contribution in [0, 0.1) is 39.9 Å². The molecule has 0 saturated carbocycles. The minimum atomic E-state index is 0. The maximum Gasteiger partial charge on any atom is 0 e. The quantitative estimate of drug-likeness (QED) is 0.226. The maximum atomic E-state index is 7.50. The summed E-state index contributed by atoms with van der Waals surface area (Å²) in [6.45, 7) is 31.3. The van der Waals surface area contributed by atoms with Crippen molar-refractivity contribution in [3.8, 4) is 0 Å². The molecule has 0 aromatic rings. The Labute approximate surface area is 168 Å². The molecule has 0 heterocycles. The van der Waals surface area contributed by atoms with E-state index in [1.54, 1.807) is 0 Å². The molecule has 0 fully saturated rings. The second-order valence-corrected chi connectivity index (χ2v) is 3.87. The van der Waals surface area contributed by atoms with E-state index in [4.69, 9.17) is 27.9 Å². The molecule has 114 valence electrons. The first kappa shape index (κ1) is 69.3. The van der Waals surface area contributed by atoms with Crippen molar-refractivity contribution in [1.29, 1.82) is 0 Å². The van der Waals surface area contributed by atoms with Crippen LogP contribution in [-0.4, -0.2) is 44.6 Å². The second-order valence-electron chi connectivity index (χ2n) is 0.577. The first-order valence-electron chi connectivity index (χ1n) is 3.22. The molecule has 0 aromatic heterocycles. The molecule has 0 unspecified atom stereocenters. The van der Waals surface area contributed by atoms with Crippen molar-refractivity contribution in [2.45, 2.75) is 22.8 Å². The molecule has 0 aliphatic heterocycles. The molecule has 0 spiro atoms. The van der Waals surface area contributed by atoms with Gasteiger partial charge in [0.2, 0.25) is 0 Å². The predicted molar refractivity (Wildman–Crippen MR) is 56.0 cm³/mol. The van der Waals surface area contributed by atoms with E-state index in [-0.39, 0.29) is 34.1 Å². The van der Waals surface area contributed by atoms with Crippen molar-refractivity contribution in [2.24, 2.45) is 0 Å². The molecule has 0 rings (SSSR count). The Hall–Kier alpha value is 1.06. The van der Waals surface area contributed by atoms with Gasteiger partial charge >= 0.3 is 135 Å². The van der Waals surface area contributed by atoms with Crippen molar-refractivity contribution in [2.75, 3.05) is 0 Å². The second kappa shape index (κ2) is 779. The first-order valence-corrected chi connectivity index (χ1v) is 6.51. The van der Waals surface area contributed by atoms with Gasteiger partial charge in [-0.2, -0.15) is 0 Å². The van der Waals surface area contributed by atoms with Gasteiger partial charge in [-0.15, -0.1) is 0 Å². The molecular formula is C10H10Fe2O6Te2. The molecule has 20 heavy (non-hydrogen) atoms. The van der Waals surface area contributed by atoms with Crippen molar-refractivity contribution in [3.05, 3.63) is 39.9 Å². The van der Waals surface area contributed by atoms with Crippen LogP contribution < -0.4 is 0 Å². The van der Waals surface area contributed by atoms with Crippen LogP contribution >= 0.6 is 0 Å². The molecule has 6 nitrogen and oxygen atoms in total. The molecule has 10 heteroatoms. The molecule has 0 N–H and O–H groups in total. The zero-order valence-electron chi connectivity index (χ0n) is 10.4. The summed E-state index contributed by atoms with van der Waals surface area (Å²) < 4.78 is 47.5. The summed E-state index contributed by atoms with van der Waals surface area (Å²) in [7, 11) is 0. The number of hydrogen-bond acceptors (Lipinski definition) is 0. The van der Waals surface area contributed by atoms with Gasteiger partial charge in [-0.3, -0.25) is 0 Å². The van der Waals surface area contributed by atoms with E-state index in [1.165, 1.54) is 8.94 Å². The third-order valence-electron chi connectivity index (χ3n) is 0. The molecule has 0 amide bonds. The Bertz CT molecular complexity index is 130. The summed E-state index contributed by atoms with van der Waals surface area (Å²) in [5.74, 6) is 0. The Morgan fingerprint density at radius 1 is 0.500 bits per heavy atom. The molecule has 2 radical (unpaired) electrons. The number of hydrogen-bond donors (Lipinski definition) is 0. The van der Waals surface area contributed by atoms with Crippen molar-refractivity contribution in [3.63, 3.8) is 0 Å². The van der Waals surface area contributed by atoms with Crippen LogP contribution in [0.4, 0.5) is 0 Å². The SMILES string of the molecule is CC[Te].CC[Te].[C-]#[O+].[C-]#[O+].[C-]#[O+].[C-]#[O+].[C-]#[O+].[C-]#[O+].[Fe].[Fe]. The Kier molecular flexibility index (Phi) is 2700. The van der Waals surface area contributed by atoms with Gasteiger partial charge in [0, 0.05) is 34.1 Å². The van der Waals surface area contributed by atoms with Crippen LogP contribution in [0.1, 0.15) is 13.8 Å². The van der Waals surface area contributed by atoms with E-state index in [9.17, 15) is 0 Å². The standard InChI is InChI=1S/2C2H5Te.6CO.2Fe/c2*1-2-3;6*1-2;;/h2*2H2,1H3;;;;;;;;. The van der Waals surface area contributed by atoms with Gasteiger partial charge in [0.1, 0.15) is 0 Å². The van der Waals surface area contributed by atoms with Gasteiger partial charge in [0.05, 0.1) is 0 Å². The van der Waals surface area contributed by atoms with Crippen LogP contribution in [0.15, 0.2) is 0 Å². The minimum Gasteiger partial charge on any atom is 0 e. The Morgan fingerprint density at radius 2 is 0.500 bits per heavy atom. The van der Waals surface area contributed by atoms with Crippen LogP contribution in [0.25, 0.3) is 0 Å². The summed E-state index contributed by atoms with van der Waals surface area (Å²) in [4.78, 5) is 0. The topological polar surface area (TPSA) is 119 Å². The molecule has 0 aliphatic carbocycles. The fourth-order valence-corrected chi connectivity index (χ4v) is 0. The molecular weight excluding hydrogens is 583 g/mol. The summed E-state index contributed by atoms with van der Waals surface area (Å²) in [6.07, 6.45) is 0. The summed E-state index contributed by atoms with van der Waals surface area (Å²) in [5.41, 5.74) is 0. The molecule has 0 saturated heterocycles. The molecule has 0 atom stereocenters. The van der Waals surface area contributed by atoms with Crippen LogP contribution in [-0.2, 0) is 62.1 Å². The largest absolute Gasteiger partial charge is 0 e. The van der Waals surface area contributed by atoms with E-state index in [2.05, 4.69) is 98.3 Å². The Morgan fingerprint density at radius 3 is 0.500 bits per heavy atom. The van der Waals surface area contributed by atoms with E-state index >= 15 is 0 Å². The van der Waals surface area contributed by atoms with E-state index in [0.29, 0.717) is 0 Å². The van der Waals surface area contributed by atoms with Gasteiger partial charge in [-0.1, -0.05) is 0 Å². The van der Waals surface area contributed by atoms with Crippen LogP contribution in [0.2, 0.25) is 8.94 Å². The van der Waals surface area contributed by atoms with Gasteiger partial charge in [0.25, 0.3) is 0 Å². The van der Waals surface area contributed by atoms with Gasteiger partial charge < -0.3 is 0 Å². The number of rotatable bonds is 0. The average molecular weight is 593 g/mol. The van der Waals surface area contributed by atoms with Gasteiger partial charge in [0.15, 0.2) is 0 Å². The normalized spacial score (nSPS) is 2.40. The molecule has 0 aliphatic rings. The van der Waals surface area contributed by atoms with Gasteiger partial charge in [-0.05, 0) is 0 Å². The molecule has 0 bridgehead atoms. The smallest absolute Gasteiger partial charge is 0 e. The zero-order chi connectivity index (χ0) is 17.4. The summed E-state index contributed by atoms with van der Waals surface area (Å²) >= 11 is 4.14. The minimum absolute atomic E-state index is 0. The third kappa shape index (κ3) is 5550. The fraction of sp³-hybridized carbons (Fsp3) is 0.400.